The Morgan fingerprint density at radius 2 is 2.08 bits per heavy atom. The zero-order chi connectivity index (χ0) is 18.5. The maximum atomic E-state index is 12.1. The lowest BCUT2D eigenvalue weighted by atomic mass is 9.86. The molecule has 1 heterocycles. The van der Waals surface area contributed by atoms with Gasteiger partial charge in [-0.05, 0) is 30.9 Å². The normalized spacial score (nSPS) is 19.9. The second kappa shape index (κ2) is 8.25. The third-order valence-corrected chi connectivity index (χ3v) is 5.02. The fourth-order valence-electron chi connectivity index (χ4n) is 3.46. The lowest BCUT2D eigenvalue weighted by molar-refractivity contribution is -0.148. The number of hydrogen-bond donors (Lipinski definition) is 1. The van der Waals surface area contributed by atoms with Crippen LogP contribution in [0.15, 0.2) is 28.9 Å². The van der Waals surface area contributed by atoms with Gasteiger partial charge in [-0.3, -0.25) is 9.59 Å². The van der Waals surface area contributed by atoms with Crippen molar-refractivity contribution in [2.45, 2.75) is 45.1 Å². The standard InChI is InChI=1S/C20H25NO5/c1-13-5-3-4-6-17(13)21-19(22)12-26-20(23)9-14-11-25-18-10-15(24-2)7-8-16(14)18/h7-8,10-11,13,17H,3-6,9,12H2,1-2H3,(H,21,22)/t13-,17-/m0/s1. The number of esters is 1. The fourth-order valence-corrected chi connectivity index (χ4v) is 3.46. The topological polar surface area (TPSA) is 77.8 Å². The van der Waals surface area contributed by atoms with E-state index < -0.39 is 5.97 Å². The number of benzene rings is 1. The molecule has 1 saturated carbocycles. The molecule has 0 saturated heterocycles. The molecule has 2 aromatic rings. The summed E-state index contributed by atoms with van der Waals surface area (Å²) < 4.78 is 15.7. The molecular formula is C20H25NO5. The van der Waals surface area contributed by atoms with Crippen LogP contribution in [-0.4, -0.2) is 31.6 Å². The molecule has 2 atom stereocenters. The van der Waals surface area contributed by atoms with Gasteiger partial charge in [0.1, 0.15) is 11.3 Å². The monoisotopic (exact) mass is 359 g/mol. The van der Waals surface area contributed by atoms with E-state index in [2.05, 4.69) is 12.2 Å². The SMILES string of the molecule is COc1ccc2c(CC(=O)OCC(=O)N[C@H]3CCCC[C@@H]3C)coc2c1. The third kappa shape index (κ3) is 4.36. The van der Waals surface area contributed by atoms with E-state index in [9.17, 15) is 9.59 Å². The van der Waals surface area contributed by atoms with Gasteiger partial charge in [0.15, 0.2) is 6.61 Å². The average molecular weight is 359 g/mol. The van der Waals surface area contributed by atoms with Crippen molar-refractivity contribution in [2.24, 2.45) is 5.92 Å². The lowest BCUT2D eigenvalue weighted by Crippen LogP contribution is -2.42. The molecule has 3 rings (SSSR count). The Hall–Kier alpha value is -2.50. The van der Waals surface area contributed by atoms with Gasteiger partial charge in [0.05, 0.1) is 19.8 Å². The Morgan fingerprint density at radius 1 is 1.27 bits per heavy atom. The second-order valence-corrected chi connectivity index (χ2v) is 6.90. The van der Waals surface area contributed by atoms with Gasteiger partial charge in [0, 0.05) is 23.1 Å². The summed E-state index contributed by atoms with van der Waals surface area (Å²) >= 11 is 0. The van der Waals surface area contributed by atoms with Gasteiger partial charge in [-0.1, -0.05) is 19.8 Å². The number of rotatable bonds is 6. The van der Waals surface area contributed by atoms with E-state index in [0.29, 0.717) is 17.3 Å². The van der Waals surface area contributed by atoms with Crippen LogP contribution >= 0.6 is 0 Å². The maximum Gasteiger partial charge on any atom is 0.310 e. The van der Waals surface area contributed by atoms with Gasteiger partial charge in [-0.2, -0.15) is 0 Å². The minimum atomic E-state index is -0.449. The predicted molar refractivity (Wildman–Crippen MR) is 97.0 cm³/mol. The van der Waals surface area contributed by atoms with Crippen LogP contribution in [0, 0.1) is 5.92 Å². The molecule has 1 aromatic carbocycles. The van der Waals surface area contributed by atoms with E-state index in [1.807, 2.05) is 12.1 Å². The quantitative estimate of drug-likeness (QED) is 0.801. The molecule has 1 N–H and O–H groups in total. The molecule has 26 heavy (non-hydrogen) atoms. The number of fused-ring (bicyclic) bond motifs is 1. The van der Waals surface area contributed by atoms with E-state index in [4.69, 9.17) is 13.9 Å². The highest BCUT2D eigenvalue weighted by Crippen LogP contribution is 2.26. The molecule has 0 spiro atoms. The molecule has 1 aromatic heterocycles. The van der Waals surface area contributed by atoms with E-state index in [0.717, 1.165) is 30.2 Å². The zero-order valence-corrected chi connectivity index (χ0v) is 15.2. The number of furan rings is 1. The number of nitrogens with one attached hydrogen (secondary N) is 1. The minimum Gasteiger partial charge on any atom is -0.497 e. The first-order valence-electron chi connectivity index (χ1n) is 9.06. The van der Waals surface area contributed by atoms with Gasteiger partial charge < -0.3 is 19.2 Å². The molecule has 1 amide bonds. The van der Waals surface area contributed by atoms with Crippen molar-refractivity contribution in [2.75, 3.05) is 13.7 Å². The number of carbonyl (C=O) groups is 2. The Balaban J connectivity index is 1.50. The molecule has 0 radical (unpaired) electrons. The molecule has 0 aliphatic heterocycles. The van der Waals surface area contributed by atoms with Crippen LogP contribution in [0.5, 0.6) is 5.75 Å². The average Bonchev–Trinajstić information content (AvgIpc) is 3.04. The minimum absolute atomic E-state index is 0.0619. The van der Waals surface area contributed by atoms with Gasteiger partial charge in [-0.25, -0.2) is 0 Å². The summed E-state index contributed by atoms with van der Waals surface area (Å²) in [6.45, 7) is 1.90. The van der Waals surface area contributed by atoms with Crippen LogP contribution in [-0.2, 0) is 20.7 Å². The lowest BCUT2D eigenvalue weighted by Gasteiger charge is -2.29. The molecule has 0 unspecified atom stereocenters. The van der Waals surface area contributed by atoms with Gasteiger partial charge >= 0.3 is 5.97 Å². The van der Waals surface area contributed by atoms with Crippen LogP contribution < -0.4 is 10.1 Å². The molecule has 1 aliphatic carbocycles. The first-order valence-corrected chi connectivity index (χ1v) is 9.06. The van der Waals surface area contributed by atoms with Gasteiger partial charge in [0.25, 0.3) is 5.91 Å². The largest absolute Gasteiger partial charge is 0.497 e. The summed E-state index contributed by atoms with van der Waals surface area (Å²) in [5.74, 6) is 0.474. The molecule has 140 valence electrons. The summed E-state index contributed by atoms with van der Waals surface area (Å²) in [6, 6.07) is 5.61. The van der Waals surface area contributed by atoms with Crippen LogP contribution in [0.25, 0.3) is 11.0 Å². The highest BCUT2D eigenvalue weighted by molar-refractivity contribution is 5.87. The molecule has 1 aliphatic rings. The highest BCUT2D eigenvalue weighted by Gasteiger charge is 2.23. The van der Waals surface area contributed by atoms with Crippen LogP contribution in [0.2, 0.25) is 0 Å². The molecular weight excluding hydrogens is 334 g/mol. The summed E-state index contributed by atoms with van der Waals surface area (Å²) in [4.78, 5) is 24.1. The highest BCUT2D eigenvalue weighted by atomic mass is 16.5. The summed E-state index contributed by atoms with van der Waals surface area (Å²) in [5.41, 5.74) is 1.38. The maximum absolute atomic E-state index is 12.1. The van der Waals surface area contributed by atoms with E-state index >= 15 is 0 Å². The van der Waals surface area contributed by atoms with Crippen LogP contribution in [0.4, 0.5) is 0 Å². The Bertz CT molecular complexity index is 782. The van der Waals surface area contributed by atoms with Crippen molar-refractivity contribution < 1.29 is 23.5 Å². The first-order chi connectivity index (χ1) is 12.6. The van der Waals surface area contributed by atoms with E-state index in [1.165, 1.54) is 12.7 Å². The second-order valence-electron chi connectivity index (χ2n) is 6.90. The Kier molecular flexibility index (Phi) is 5.81. The Labute approximate surface area is 152 Å². The third-order valence-electron chi connectivity index (χ3n) is 5.02. The zero-order valence-electron chi connectivity index (χ0n) is 15.2. The van der Waals surface area contributed by atoms with E-state index in [1.54, 1.807) is 13.2 Å². The number of hydrogen-bond acceptors (Lipinski definition) is 5. The van der Waals surface area contributed by atoms with Crippen molar-refractivity contribution >= 4 is 22.8 Å². The molecule has 0 bridgehead atoms. The summed E-state index contributed by atoms with van der Waals surface area (Å²) in [5, 5.41) is 3.81. The van der Waals surface area contributed by atoms with Crippen LogP contribution in [0.3, 0.4) is 0 Å². The van der Waals surface area contributed by atoms with Gasteiger partial charge in [0.2, 0.25) is 0 Å². The van der Waals surface area contributed by atoms with Crippen molar-refractivity contribution in [1.29, 1.82) is 0 Å². The van der Waals surface area contributed by atoms with Crippen LogP contribution in [0.1, 0.15) is 38.2 Å². The van der Waals surface area contributed by atoms with Crippen molar-refractivity contribution in [3.05, 3.63) is 30.0 Å². The van der Waals surface area contributed by atoms with Gasteiger partial charge in [-0.15, -0.1) is 0 Å². The molecule has 6 heteroatoms. The van der Waals surface area contributed by atoms with Crippen molar-refractivity contribution in [3.63, 3.8) is 0 Å². The number of carbonyl (C=O) groups excluding carboxylic acids is 2. The molecule has 1 fully saturated rings. The molecule has 6 nitrogen and oxygen atoms in total. The first kappa shape index (κ1) is 18.3. The van der Waals surface area contributed by atoms with Crippen molar-refractivity contribution in [3.8, 4) is 5.75 Å². The predicted octanol–water partition coefficient (Wildman–Crippen LogP) is 3.22. The number of ether oxygens (including phenoxy) is 2. The number of methoxy groups -OCH3 is 1. The summed E-state index contributed by atoms with van der Waals surface area (Å²) in [7, 11) is 1.58. The fraction of sp³-hybridized carbons (Fsp3) is 0.500. The van der Waals surface area contributed by atoms with Crippen molar-refractivity contribution in [1.82, 2.24) is 5.32 Å². The smallest absolute Gasteiger partial charge is 0.310 e. The number of amides is 1. The Morgan fingerprint density at radius 3 is 2.85 bits per heavy atom. The van der Waals surface area contributed by atoms with E-state index in [-0.39, 0.29) is 25.0 Å². The summed E-state index contributed by atoms with van der Waals surface area (Å²) in [6.07, 6.45) is 6.07.